The van der Waals surface area contributed by atoms with Crippen molar-refractivity contribution in [3.8, 4) is 0 Å². The van der Waals surface area contributed by atoms with Crippen LogP contribution in [-0.2, 0) is 11.2 Å². The topological polar surface area (TPSA) is 24.5 Å². The molecule has 0 spiro atoms. The van der Waals surface area contributed by atoms with E-state index < -0.39 is 0 Å². The third-order valence-corrected chi connectivity index (χ3v) is 6.32. The summed E-state index contributed by atoms with van der Waals surface area (Å²) in [4.78, 5) is 2.49. The van der Waals surface area contributed by atoms with Gasteiger partial charge in [0.1, 0.15) is 17.7 Å². The molecular formula is C28H32F2N2O. The molecule has 0 saturated carbocycles. The molecule has 3 aromatic rings. The van der Waals surface area contributed by atoms with Crippen LogP contribution in [0.4, 0.5) is 8.78 Å². The summed E-state index contributed by atoms with van der Waals surface area (Å²) < 4.78 is 33.1. The average molecular weight is 451 g/mol. The SMILES string of the molecule is Fc1ccc(C(OCCN2CCCC2CNCCc2ccccc2)c2ccc(F)cc2)cc1. The van der Waals surface area contributed by atoms with Crippen LogP contribution in [0, 0.1) is 11.6 Å². The van der Waals surface area contributed by atoms with Gasteiger partial charge in [0.2, 0.25) is 0 Å². The summed E-state index contributed by atoms with van der Waals surface area (Å²) in [7, 11) is 0. The largest absolute Gasteiger partial charge is 0.367 e. The fraction of sp³-hybridized carbons (Fsp3) is 0.357. The zero-order chi connectivity index (χ0) is 22.9. The molecule has 33 heavy (non-hydrogen) atoms. The van der Waals surface area contributed by atoms with Gasteiger partial charge in [-0.2, -0.15) is 0 Å². The van der Waals surface area contributed by atoms with Crippen molar-refractivity contribution < 1.29 is 13.5 Å². The minimum atomic E-state index is -0.351. The lowest BCUT2D eigenvalue weighted by atomic mass is 10.0. The number of ether oxygens (including phenoxy) is 1. The molecule has 0 radical (unpaired) electrons. The second kappa shape index (κ2) is 12.0. The highest BCUT2D eigenvalue weighted by molar-refractivity contribution is 5.30. The molecule has 4 rings (SSSR count). The van der Waals surface area contributed by atoms with Crippen LogP contribution in [-0.4, -0.2) is 43.7 Å². The van der Waals surface area contributed by atoms with Crippen LogP contribution in [0.2, 0.25) is 0 Å². The zero-order valence-corrected chi connectivity index (χ0v) is 18.9. The van der Waals surface area contributed by atoms with Gasteiger partial charge in [0.15, 0.2) is 0 Å². The first-order valence-corrected chi connectivity index (χ1v) is 11.8. The van der Waals surface area contributed by atoms with Gasteiger partial charge >= 0.3 is 0 Å². The standard InChI is InChI=1S/C28H32F2N2O/c29-25-12-8-23(9-13-25)28(24-10-14-26(30)15-11-24)33-20-19-32-18-4-7-27(32)21-31-17-16-22-5-2-1-3-6-22/h1-3,5-6,8-15,27-28,31H,4,7,16-21H2. The monoisotopic (exact) mass is 450 g/mol. The predicted octanol–water partition coefficient (Wildman–Crippen LogP) is 5.37. The quantitative estimate of drug-likeness (QED) is 0.398. The number of nitrogens with zero attached hydrogens (tertiary/aromatic N) is 1. The molecule has 0 aromatic heterocycles. The second-order valence-corrected chi connectivity index (χ2v) is 8.63. The van der Waals surface area contributed by atoms with Crippen molar-refractivity contribution in [1.82, 2.24) is 10.2 Å². The minimum Gasteiger partial charge on any atom is -0.367 e. The number of rotatable bonds is 11. The summed E-state index contributed by atoms with van der Waals surface area (Å²) in [5, 5.41) is 3.61. The first kappa shape index (κ1) is 23.6. The Morgan fingerprint density at radius 3 is 2.15 bits per heavy atom. The lowest BCUT2D eigenvalue weighted by Gasteiger charge is -2.26. The maximum Gasteiger partial charge on any atom is 0.123 e. The van der Waals surface area contributed by atoms with Gasteiger partial charge in [0, 0.05) is 19.1 Å². The number of nitrogens with one attached hydrogen (secondary N) is 1. The molecule has 1 saturated heterocycles. The van der Waals surface area contributed by atoms with Crippen molar-refractivity contribution in [2.45, 2.75) is 31.4 Å². The van der Waals surface area contributed by atoms with E-state index in [-0.39, 0.29) is 17.7 Å². The van der Waals surface area contributed by atoms with Gasteiger partial charge in [-0.25, -0.2) is 8.78 Å². The van der Waals surface area contributed by atoms with Crippen molar-refractivity contribution in [3.05, 3.63) is 107 Å². The molecule has 3 aromatic carbocycles. The molecule has 1 N–H and O–H groups in total. The van der Waals surface area contributed by atoms with Crippen LogP contribution in [0.15, 0.2) is 78.9 Å². The molecule has 1 aliphatic heterocycles. The smallest absolute Gasteiger partial charge is 0.123 e. The van der Waals surface area contributed by atoms with Crippen LogP contribution >= 0.6 is 0 Å². The average Bonchev–Trinajstić information content (AvgIpc) is 3.29. The third kappa shape index (κ3) is 6.94. The van der Waals surface area contributed by atoms with Crippen molar-refractivity contribution in [2.24, 2.45) is 0 Å². The lowest BCUT2D eigenvalue weighted by molar-refractivity contribution is 0.0570. The van der Waals surface area contributed by atoms with E-state index >= 15 is 0 Å². The molecule has 174 valence electrons. The van der Waals surface area contributed by atoms with E-state index in [1.165, 1.54) is 42.7 Å². The number of likely N-dealkylation sites (tertiary alicyclic amines) is 1. The van der Waals surface area contributed by atoms with Gasteiger partial charge in [0.05, 0.1) is 6.61 Å². The summed E-state index contributed by atoms with van der Waals surface area (Å²) in [6.45, 7) is 4.42. The van der Waals surface area contributed by atoms with Crippen molar-refractivity contribution in [2.75, 3.05) is 32.8 Å². The Bertz CT molecular complexity index is 918. The highest BCUT2D eigenvalue weighted by atomic mass is 19.1. The van der Waals surface area contributed by atoms with Gasteiger partial charge in [-0.1, -0.05) is 54.6 Å². The number of halogens is 2. The van der Waals surface area contributed by atoms with E-state index in [2.05, 4.69) is 34.5 Å². The highest BCUT2D eigenvalue weighted by Crippen LogP contribution is 2.27. The molecule has 0 aliphatic carbocycles. The third-order valence-electron chi connectivity index (χ3n) is 6.32. The number of benzene rings is 3. The van der Waals surface area contributed by atoms with E-state index in [0.717, 1.165) is 43.7 Å². The minimum absolute atomic E-state index is 0.281. The van der Waals surface area contributed by atoms with Crippen LogP contribution in [0.25, 0.3) is 0 Å². The zero-order valence-electron chi connectivity index (χ0n) is 18.9. The maximum absolute atomic E-state index is 13.4. The Morgan fingerprint density at radius 2 is 1.52 bits per heavy atom. The molecule has 3 nitrogen and oxygen atoms in total. The Labute approximate surface area is 195 Å². The lowest BCUT2D eigenvalue weighted by Crippen LogP contribution is -2.40. The Kier molecular flexibility index (Phi) is 8.59. The molecule has 0 bridgehead atoms. The molecular weight excluding hydrogens is 418 g/mol. The van der Waals surface area contributed by atoms with Crippen LogP contribution < -0.4 is 5.32 Å². The Morgan fingerprint density at radius 1 is 0.879 bits per heavy atom. The Hall–Kier alpha value is -2.60. The Balaban J connectivity index is 1.28. The summed E-state index contributed by atoms with van der Waals surface area (Å²) in [5.74, 6) is -0.562. The molecule has 1 aliphatic rings. The second-order valence-electron chi connectivity index (χ2n) is 8.63. The van der Waals surface area contributed by atoms with Crippen LogP contribution in [0.1, 0.15) is 35.6 Å². The van der Waals surface area contributed by atoms with Gasteiger partial charge in [-0.15, -0.1) is 0 Å². The summed E-state index contributed by atoms with van der Waals surface area (Å²) in [6, 6.07) is 23.7. The van der Waals surface area contributed by atoms with E-state index in [9.17, 15) is 8.78 Å². The summed E-state index contributed by atoms with van der Waals surface area (Å²) in [6.07, 6.45) is 3.08. The summed E-state index contributed by atoms with van der Waals surface area (Å²) in [5.41, 5.74) is 3.08. The van der Waals surface area contributed by atoms with Crippen molar-refractivity contribution >= 4 is 0 Å². The van der Waals surface area contributed by atoms with Crippen LogP contribution in [0.3, 0.4) is 0 Å². The number of hydrogen-bond donors (Lipinski definition) is 1. The summed E-state index contributed by atoms with van der Waals surface area (Å²) >= 11 is 0. The van der Waals surface area contributed by atoms with Gasteiger partial charge in [0.25, 0.3) is 0 Å². The van der Waals surface area contributed by atoms with Gasteiger partial charge < -0.3 is 10.1 Å². The molecule has 1 atom stereocenters. The van der Waals surface area contributed by atoms with E-state index in [0.29, 0.717) is 12.6 Å². The first-order valence-electron chi connectivity index (χ1n) is 11.8. The molecule has 0 amide bonds. The molecule has 5 heteroatoms. The van der Waals surface area contributed by atoms with Gasteiger partial charge in [-0.3, -0.25) is 4.90 Å². The molecule has 1 heterocycles. The van der Waals surface area contributed by atoms with Gasteiger partial charge in [-0.05, 0) is 73.3 Å². The highest BCUT2D eigenvalue weighted by Gasteiger charge is 2.24. The molecule has 1 unspecified atom stereocenters. The fourth-order valence-corrected chi connectivity index (χ4v) is 4.51. The van der Waals surface area contributed by atoms with E-state index in [1.54, 1.807) is 24.3 Å². The normalized spacial score (nSPS) is 16.5. The van der Waals surface area contributed by atoms with E-state index in [4.69, 9.17) is 4.74 Å². The van der Waals surface area contributed by atoms with E-state index in [1.807, 2.05) is 6.07 Å². The number of hydrogen-bond acceptors (Lipinski definition) is 3. The predicted molar refractivity (Wildman–Crippen MR) is 128 cm³/mol. The first-order chi connectivity index (χ1) is 16.2. The molecule has 1 fully saturated rings. The van der Waals surface area contributed by atoms with Crippen molar-refractivity contribution in [1.29, 1.82) is 0 Å². The van der Waals surface area contributed by atoms with Crippen molar-refractivity contribution in [3.63, 3.8) is 0 Å². The van der Waals surface area contributed by atoms with Crippen LogP contribution in [0.5, 0.6) is 0 Å². The maximum atomic E-state index is 13.4. The fourth-order valence-electron chi connectivity index (χ4n) is 4.51.